The second kappa shape index (κ2) is 7.18. The lowest BCUT2D eigenvalue weighted by molar-refractivity contribution is -0.116. The van der Waals surface area contributed by atoms with Gasteiger partial charge in [0.2, 0.25) is 5.91 Å². The van der Waals surface area contributed by atoms with E-state index in [2.05, 4.69) is 0 Å². The van der Waals surface area contributed by atoms with Crippen LogP contribution in [0.5, 0.6) is 5.75 Å². The smallest absolute Gasteiger partial charge is 0.237 e. The van der Waals surface area contributed by atoms with Crippen molar-refractivity contribution in [2.45, 2.75) is 24.8 Å². The van der Waals surface area contributed by atoms with Gasteiger partial charge in [0.15, 0.2) is 0 Å². The standard InChI is InChI=1S/C17H19NO2S/c1-13(2)18(14-8-4-3-5-9-14)17(20)12-21-16-11-7-6-10-15(16)19/h3-11,13,19H,12H2,1-2H3. The molecule has 0 aliphatic heterocycles. The van der Waals surface area contributed by atoms with E-state index in [9.17, 15) is 9.90 Å². The minimum Gasteiger partial charge on any atom is -0.507 e. The molecule has 0 saturated heterocycles. The van der Waals surface area contributed by atoms with Crippen molar-refractivity contribution in [2.75, 3.05) is 10.7 Å². The van der Waals surface area contributed by atoms with Crippen molar-refractivity contribution in [3.05, 3.63) is 54.6 Å². The Hall–Kier alpha value is -1.94. The molecule has 0 aromatic heterocycles. The Morgan fingerprint density at radius 2 is 1.71 bits per heavy atom. The monoisotopic (exact) mass is 301 g/mol. The SMILES string of the molecule is CC(C)N(C(=O)CSc1ccccc1O)c1ccccc1. The maximum absolute atomic E-state index is 12.5. The van der Waals surface area contributed by atoms with Crippen LogP contribution < -0.4 is 4.90 Å². The molecule has 0 unspecified atom stereocenters. The average Bonchev–Trinajstić information content (AvgIpc) is 2.47. The summed E-state index contributed by atoms with van der Waals surface area (Å²) in [5.41, 5.74) is 0.899. The van der Waals surface area contributed by atoms with E-state index in [1.54, 1.807) is 17.0 Å². The summed E-state index contributed by atoms with van der Waals surface area (Å²) in [4.78, 5) is 15.0. The summed E-state index contributed by atoms with van der Waals surface area (Å²) >= 11 is 1.35. The number of para-hydroxylation sites is 2. The van der Waals surface area contributed by atoms with Gasteiger partial charge in [0.25, 0.3) is 0 Å². The van der Waals surface area contributed by atoms with E-state index in [0.29, 0.717) is 5.75 Å². The number of nitrogens with zero attached hydrogens (tertiary/aromatic N) is 1. The largest absolute Gasteiger partial charge is 0.507 e. The summed E-state index contributed by atoms with van der Waals surface area (Å²) in [5, 5.41) is 9.74. The van der Waals surface area contributed by atoms with Gasteiger partial charge in [0.1, 0.15) is 5.75 Å². The van der Waals surface area contributed by atoms with Crippen molar-refractivity contribution in [1.82, 2.24) is 0 Å². The van der Waals surface area contributed by atoms with Crippen LogP contribution in [0.2, 0.25) is 0 Å². The lowest BCUT2D eigenvalue weighted by Crippen LogP contribution is -2.38. The number of amides is 1. The molecule has 1 amide bonds. The molecule has 0 atom stereocenters. The quantitative estimate of drug-likeness (QED) is 0.851. The van der Waals surface area contributed by atoms with Gasteiger partial charge in [-0.05, 0) is 38.1 Å². The number of thioether (sulfide) groups is 1. The van der Waals surface area contributed by atoms with E-state index in [1.807, 2.05) is 56.3 Å². The van der Waals surface area contributed by atoms with Crippen molar-refractivity contribution in [3.63, 3.8) is 0 Å². The highest BCUT2D eigenvalue weighted by atomic mass is 32.2. The first kappa shape index (κ1) is 15.4. The van der Waals surface area contributed by atoms with Gasteiger partial charge in [-0.15, -0.1) is 11.8 Å². The molecule has 1 N–H and O–H groups in total. The number of anilines is 1. The average molecular weight is 301 g/mol. The minimum atomic E-state index is 0.0319. The Labute approximate surface area is 129 Å². The molecule has 0 radical (unpaired) electrons. The van der Waals surface area contributed by atoms with E-state index in [0.717, 1.165) is 10.6 Å². The molecule has 0 bridgehead atoms. The molecule has 0 aliphatic rings. The summed E-state index contributed by atoms with van der Waals surface area (Å²) < 4.78 is 0. The van der Waals surface area contributed by atoms with Crippen LogP contribution in [-0.2, 0) is 4.79 Å². The highest BCUT2D eigenvalue weighted by Crippen LogP contribution is 2.28. The van der Waals surface area contributed by atoms with Crippen LogP contribution in [-0.4, -0.2) is 22.8 Å². The summed E-state index contributed by atoms with van der Waals surface area (Å²) in [6.07, 6.45) is 0. The zero-order valence-electron chi connectivity index (χ0n) is 12.2. The first-order valence-corrected chi connectivity index (χ1v) is 7.86. The van der Waals surface area contributed by atoms with E-state index in [4.69, 9.17) is 0 Å². The van der Waals surface area contributed by atoms with E-state index >= 15 is 0 Å². The highest BCUT2D eigenvalue weighted by Gasteiger charge is 2.19. The third-order valence-corrected chi connectivity index (χ3v) is 4.08. The minimum absolute atomic E-state index is 0.0319. The fraction of sp³-hybridized carbons (Fsp3) is 0.235. The first-order valence-electron chi connectivity index (χ1n) is 6.87. The van der Waals surface area contributed by atoms with Gasteiger partial charge in [0, 0.05) is 16.6 Å². The molecule has 21 heavy (non-hydrogen) atoms. The van der Waals surface area contributed by atoms with E-state index in [-0.39, 0.29) is 17.7 Å². The van der Waals surface area contributed by atoms with Crippen LogP contribution in [0, 0.1) is 0 Å². The molecule has 2 aromatic rings. The number of carbonyl (C=O) groups excluding carboxylic acids is 1. The molecular formula is C17H19NO2S. The molecule has 2 rings (SSSR count). The third-order valence-electron chi connectivity index (χ3n) is 3.04. The van der Waals surface area contributed by atoms with Crippen LogP contribution in [0.4, 0.5) is 5.69 Å². The normalized spacial score (nSPS) is 10.6. The Kier molecular flexibility index (Phi) is 5.28. The molecule has 110 valence electrons. The van der Waals surface area contributed by atoms with Crippen LogP contribution in [0.3, 0.4) is 0 Å². The maximum Gasteiger partial charge on any atom is 0.237 e. The number of hydrogen-bond acceptors (Lipinski definition) is 3. The summed E-state index contributed by atoms with van der Waals surface area (Å²) in [6.45, 7) is 3.99. The molecule has 0 saturated carbocycles. The van der Waals surface area contributed by atoms with Crippen molar-refractivity contribution < 1.29 is 9.90 Å². The summed E-state index contributed by atoms with van der Waals surface area (Å²) in [5.74, 6) is 0.542. The van der Waals surface area contributed by atoms with Crippen molar-refractivity contribution in [1.29, 1.82) is 0 Å². The molecular weight excluding hydrogens is 282 g/mol. The number of carbonyl (C=O) groups is 1. The fourth-order valence-corrected chi connectivity index (χ4v) is 2.92. The van der Waals surface area contributed by atoms with Crippen LogP contribution >= 0.6 is 11.8 Å². The summed E-state index contributed by atoms with van der Waals surface area (Å²) in [7, 11) is 0. The third kappa shape index (κ3) is 4.02. The van der Waals surface area contributed by atoms with Gasteiger partial charge in [-0.1, -0.05) is 30.3 Å². The van der Waals surface area contributed by atoms with Gasteiger partial charge < -0.3 is 10.0 Å². The van der Waals surface area contributed by atoms with Gasteiger partial charge >= 0.3 is 0 Å². The maximum atomic E-state index is 12.5. The van der Waals surface area contributed by atoms with E-state index < -0.39 is 0 Å². The summed E-state index contributed by atoms with van der Waals surface area (Å²) in [6, 6.07) is 16.8. The molecule has 4 heteroatoms. The van der Waals surface area contributed by atoms with Crippen molar-refractivity contribution in [2.24, 2.45) is 0 Å². The van der Waals surface area contributed by atoms with Gasteiger partial charge in [-0.25, -0.2) is 0 Å². The Morgan fingerprint density at radius 1 is 1.10 bits per heavy atom. The predicted molar refractivity (Wildman–Crippen MR) is 87.9 cm³/mol. The van der Waals surface area contributed by atoms with Crippen LogP contribution in [0.25, 0.3) is 0 Å². The Bertz CT molecular complexity index is 599. The second-order valence-electron chi connectivity index (χ2n) is 4.95. The second-order valence-corrected chi connectivity index (χ2v) is 5.97. The fourth-order valence-electron chi connectivity index (χ4n) is 2.11. The van der Waals surface area contributed by atoms with Gasteiger partial charge in [0.05, 0.1) is 5.75 Å². The van der Waals surface area contributed by atoms with Crippen LogP contribution in [0.1, 0.15) is 13.8 Å². The zero-order valence-corrected chi connectivity index (χ0v) is 13.0. The predicted octanol–water partition coefficient (Wildman–Crippen LogP) is 3.93. The van der Waals surface area contributed by atoms with E-state index in [1.165, 1.54) is 11.8 Å². The topological polar surface area (TPSA) is 40.5 Å². The number of hydrogen-bond donors (Lipinski definition) is 1. The zero-order chi connectivity index (χ0) is 15.2. The van der Waals surface area contributed by atoms with Gasteiger partial charge in [-0.2, -0.15) is 0 Å². The molecule has 2 aromatic carbocycles. The van der Waals surface area contributed by atoms with Crippen molar-refractivity contribution in [3.8, 4) is 5.75 Å². The molecule has 0 fully saturated rings. The Morgan fingerprint density at radius 3 is 2.33 bits per heavy atom. The molecule has 3 nitrogen and oxygen atoms in total. The number of phenols is 1. The number of rotatable bonds is 5. The number of benzene rings is 2. The lowest BCUT2D eigenvalue weighted by atomic mass is 10.2. The molecule has 0 aliphatic carbocycles. The van der Waals surface area contributed by atoms with Gasteiger partial charge in [-0.3, -0.25) is 4.79 Å². The first-order chi connectivity index (χ1) is 10.1. The highest BCUT2D eigenvalue weighted by molar-refractivity contribution is 8.00. The molecule has 0 heterocycles. The number of phenolic OH excluding ortho intramolecular Hbond substituents is 1. The van der Waals surface area contributed by atoms with Crippen molar-refractivity contribution >= 4 is 23.4 Å². The Balaban J connectivity index is 2.08. The molecule has 0 spiro atoms. The lowest BCUT2D eigenvalue weighted by Gasteiger charge is -2.26. The van der Waals surface area contributed by atoms with Crippen LogP contribution in [0.15, 0.2) is 59.5 Å². The number of aromatic hydroxyl groups is 1.